The van der Waals surface area contributed by atoms with E-state index >= 15 is 0 Å². The minimum Gasteiger partial charge on any atom is -0.400 e. The number of aromatic nitrogens is 2. The first-order valence-electron chi connectivity index (χ1n) is 11.6. The van der Waals surface area contributed by atoms with Crippen LogP contribution < -0.4 is 11.2 Å². The van der Waals surface area contributed by atoms with Gasteiger partial charge in [-0.05, 0) is 41.0 Å². The van der Waals surface area contributed by atoms with Crippen LogP contribution in [0.3, 0.4) is 0 Å². The number of rotatable bonds is 10. The van der Waals surface area contributed by atoms with Crippen molar-refractivity contribution in [2.75, 3.05) is 20.3 Å². The molecule has 2 N–H and O–H groups in total. The number of hydrogen-bond donors (Lipinski definition) is 2. The van der Waals surface area contributed by atoms with E-state index in [1.165, 1.54) is 17.9 Å². The zero-order chi connectivity index (χ0) is 26.0. The minimum absolute atomic E-state index is 0.147. The molecule has 1 aromatic heterocycles. The largest absolute Gasteiger partial charge is 0.400 e. The van der Waals surface area contributed by atoms with Crippen LogP contribution in [-0.4, -0.2) is 65.3 Å². The van der Waals surface area contributed by atoms with Gasteiger partial charge >= 0.3 is 5.69 Å². The predicted molar refractivity (Wildman–Crippen MR) is 124 cm³/mol. The van der Waals surface area contributed by atoms with Gasteiger partial charge in [0, 0.05) is 38.7 Å². The molecule has 1 unspecified atom stereocenters. The summed E-state index contributed by atoms with van der Waals surface area (Å²) >= 11 is 0. The second-order valence-electron chi connectivity index (χ2n) is 7.77. The van der Waals surface area contributed by atoms with Crippen molar-refractivity contribution in [2.24, 2.45) is 0 Å². The van der Waals surface area contributed by atoms with Gasteiger partial charge in [0.15, 0.2) is 0 Å². The lowest BCUT2D eigenvalue weighted by Crippen LogP contribution is -2.36. The van der Waals surface area contributed by atoms with Crippen molar-refractivity contribution < 1.29 is 20.3 Å². The maximum Gasteiger partial charge on any atom is 0.330 e. The van der Waals surface area contributed by atoms with E-state index in [-0.39, 0.29) is 25.2 Å². The number of aliphatic hydroxyl groups is 1. The highest BCUT2D eigenvalue weighted by molar-refractivity contribution is 7.44. The number of aliphatic hydroxyl groups excluding tert-OH is 1. The van der Waals surface area contributed by atoms with Crippen LogP contribution >= 0.6 is 8.53 Å². The van der Waals surface area contributed by atoms with E-state index in [1.807, 2.05) is 0 Å². The highest BCUT2D eigenvalue weighted by atomic mass is 31.2. The summed E-state index contributed by atoms with van der Waals surface area (Å²) in [5.74, 6) is 0. The molecule has 0 radical (unpaired) electrons. The molecule has 0 bridgehead atoms. The summed E-state index contributed by atoms with van der Waals surface area (Å²) in [4.78, 5) is 29.7. The van der Waals surface area contributed by atoms with Gasteiger partial charge in [0.05, 0.1) is 12.2 Å². The van der Waals surface area contributed by atoms with Crippen molar-refractivity contribution in [2.45, 2.75) is 84.9 Å². The van der Waals surface area contributed by atoms with E-state index in [0.717, 1.165) is 0 Å². The molecule has 1 aliphatic heterocycles. The minimum atomic E-state index is -1.50. The molecule has 1 aliphatic rings. The maximum absolute atomic E-state index is 12.3. The fourth-order valence-electron chi connectivity index (χ4n) is 3.44. The maximum atomic E-state index is 12.3. The topological polar surface area (TPSA) is 110 Å². The standard InChI is InChI=1S/C20H33N4O5P.CH4O/c1-8-16-17(11-18(28-16)23-12-15(6)19(25)22-20(23)26)29-30(27-10-9-21-7)24(13(2)3)14(4)5;1-2/h12-14,16-18H,8-11H2,1-6H3,(H,22,25,26);2H,1H3/t16-,17+,18-,30?;/m1./s1/i8D;2T/t8-,16+,17-,18+,30?;/m0.. The number of aromatic amines is 1. The van der Waals surface area contributed by atoms with Crippen LogP contribution in [0.4, 0.5) is 0 Å². The van der Waals surface area contributed by atoms with E-state index in [9.17, 15) is 9.59 Å². The first-order valence-corrected chi connectivity index (χ1v) is 11.7. The summed E-state index contributed by atoms with van der Waals surface area (Å²) in [5, 5.41) is 3.50. The second kappa shape index (κ2) is 13.8. The zero-order valence-electron chi connectivity index (χ0n) is 21.9. The first-order chi connectivity index (χ1) is 16.0. The first kappa shape index (κ1) is 25.0. The van der Waals surface area contributed by atoms with E-state index in [1.54, 1.807) is 13.8 Å². The molecule has 1 aromatic rings. The molecule has 182 valence electrons. The SMILES string of the molecule is [2H][C@@H](C)[C@H]1O[C@@H](n2cc(C)c(=O)[nH]c2=O)C[C@@H]1OP(OCC[N+]#[C-])N(C(C)C)C(C)C.[3H]OC. The Hall–Kier alpha value is -1.60. The third kappa shape index (κ3) is 7.48. The number of aryl methyl sites for hydroxylation is 1. The molecule has 1 fully saturated rings. The van der Waals surface area contributed by atoms with Gasteiger partial charge in [0.1, 0.15) is 12.8 Å². The van der Waals surface area contributed by atoms with Crippen molar-refractivity contribution in [3.63, 3.8) is 0 Å². The summed E-state index contributed by atoms with van der Waals surface area (Å²) in [6.07, 6.45) is -0.480. The highest BCUT2D eigenvalue weighted by Gasteiger charge is 2.40. The molecule has 10 nitrogen and oxygen atoms in total. The van der Waals surface area contributed by atoms with Crippen LogP contribution in [0.15, 0.2) is 15.8 Å². The number of H-pyrrole nitrogens is 1. The fraction of sp³-hybridized carbons (Fsp3) is 0.762. The Morgan fingerprint density at radius 1 is 1.50 bits per heavy atom. The average Bonchev–Trinajstić information content (AvgIpc) is 3.14. The van der Waals surface area contributed by atoms with E-state index < -0.39 is 44.6 Å². The van der Waals surface area contributed by atoms with Gasteiger partial charge in [0.25, 0.3) is 14.1 Å². The van der Waals surface area contributed by atoms with E-state index in [0.29, 0.717) is 12.0 Å². The van der Waals surface area contributed by atoms with Gasteiger partial charge in [-0.15, -0.1) is 0 Å². The molecule has 0 aromatic carbocycles. The lowest BCUT2D eigenvalue weighted by molar-refractivity contribution is -0.0201. The second-order valence-corrected chi connectivity index (χ2v) is 9.17. The summed E-state index contributed by atoms with van der Waals surface area (Å²) in [6.45, 7) is 19.0. The molecule has 0 aliphatic carbocycles. The van der Waals surface area contributed by atoms with Crippen molar-refractivity contribution >= 4 is 8.53 Å². The van der Waals surface area contributed by atoms with Crippen molar-refractivity contribution in [1.82, 2.24) is 14.2 Å². The molecule has 1 saturated heterocycles. The quantitative estimate of drug-likeness (QED) is 0.304. The van der Waals surface area contributed by atoms with Crippen LogP contribution in [0, 0.1) is 13.5 Å². The monoisotopic (exact) mass is 475 g/mol. The normalized spacial score (nSPS) is 23.3. The van der Waals surface area contributed by atoms with Gasteiger partial charge < -0.3 is 23.7 Å². The van der Waals surface area contributed by atoms with Crippen LogP contribution in [0.1, 0.15) is 60.6 Å². The van der Waals surface area contributed by atoms with Crippen LogP contribution in [0.2, 0.25) is 0 Å². The molecule has 11 heteroatoms. The molecular weight excluding hydrogens is 435 g/mol. The van der Waals surface area contributed by atoms with Gasteiger partial charge in [-0.25, -0.2) is 16.0 Å². The molecule has 2 rings (SSSR count). The molecule has 0 amide bonds. The molecule has 2 heterocycles. The zero-order valence-corrected chi connectivity index (χ0v) is 20.8. The molecule has 0 saturated carbocycles. The van der Waals surface area contributed by atoms with Crippen molar-refractivity contribution in [3.05, 3.63) is 44.0 Å². The number of hydrogen-bond acceptors (Lipinski definition) is 7. The van der Waals surface area contributed by atoms with Gasteiger partial charge in [0.2, 0.25) is 7.98 Å². The van der Waals surface area contributed by atoms with Crippen molar-refractivity contribution in [1.29, 1.82) is 1.43 Å². The van der Waals surface area contributed by atoms with Crippen LogP contribution in [-0.2, 0) is 13.8 Å². The fourth-order valence-corrected chi connectivity index (χ4v) is 5.17. The van der Waals surface area contributed by atoms with Crippen molar-refractivity contribution in [3.8, 4) is 0 Å². The van der Waals surface area contributed by atoms with Crippen LogP contribution in [0.25, 0.3) is 4.85 Å². The smallest absolute Gasteiger partial charge is 0.330 e. The molecule has 32 heavy (non-hydrogen) atoms. The Bertz CT molecular complexity index is 896. The van der Waals surface area contributed by atoms with Gasteiger partial charge in [-0.2, -0.15) is 0 Å². The van der Waals surface area contributed by atoms with Gasteiger partial charge in [-0.3, -0.25) is 14.3 Å². The lowest BCUT2D eigenvalue weighted by atomic mass is 10.1. The number of nitrogens with one attached hydrogen (secondary N) is 1. The Balaban J connectivity index is 0.00000182. The number of nitrogens with zero attached hydrogens (tertiary/aromatic N) is 3. The summed E-state index contributed by atoms with van der Waals surface area (Å²) < 4.78 is 35.8. The van der Waals surface area contributed by atoms with E-state index in [4.69, 9.17) is 23.2 Å². The Morgan fingerprint density at radius 3 is 2.66 bits per heavy atom. The number of ether oxygens (including phenoxy) is 1. The highest BCUT2D eigenvalue weighted by Crippen LogP contribution is 2.50. The third-order valence-corrected chi connectivity index (χ3v) is 6.93. The molecular formula is C21H37N4O6P. The summed E-state index contributed by atoms with van der Waals surface area (Å²) in [5.41, 5.74) is -0.587. The Labute approximate surface area is 194 Å². The Kier molecular flexibility index (Phi) is 10.8. The third-order valence-electron chi connectivity index (χ3n) is 4.78. The Morgan fingerprint density at radius 2 is 2.12 bits per heavy atom. The van der Waals surface area contributed by atoms with E-state index in [2.05, 4.69) is 47.3 Å². The molecule has 5 atom stereocenters. The van der Waals surface area contributed by atoms with Crippen LogP contribution in [0.5, 0.6) is 0 Å². The molecule has 0 spiro atoms. The predicted octanol–water partition coefficient (Wildman–Crippen LogP) is 2.82. The summed E-state index contributed by atoms with van der Waals surface area (Å²) in [7, 11) is -0.211. The lowest BCUT2D eigenvalue weighted by Gasteiger charge is -2.37. The van der Waals surface area contributed by atoms with Gasteiger partial charge in [-0.1, -0.05) is 6.92 Å². The summed E-state index contributed by atoms with van der Waals surface area (Å²) in [6, 6.07) is 0.294. The average molecular weight is 476 g/mol.